The lowest BCUT2D eigenvalue weighted by Gasteiger charge is -2.19. The number of aromatic nitrogens is 2. The van der Waals surface area contributed by atoms with E-state index >= 15 is 0 Å². The molecule has 152 valence electrons. The van der Waals surface area contributed by atoms with Crippen molar-refractivity contribution in [3.8, 4) is 5.69 Å². The van der Waals surface area contributed by atoms with E-state index in [4.69, 9.17) is 0 Å². The molecule has 2 atom stereocenters. The molecule has 5 rings (SSSR count). The van der Waals surface area contributed by atoms with Gasteiger partial charge in [-0.3, -0.25) is 9.59 Å². The Balaban J connectivity index is 1.17. The highest BCUT2D eigenvalue weighted by Gasteiger charge is 2.60. The van der Waals surface area contributed by atoms with E-state index in [1.54, 1.807) is 4.68 Å². The predicted molar refractivity (Wildman–Crippen MR) is 114 cm³/mol. The van der Waals surface area contributed by atoms with Crippen LogP contribution in [0.3, 0.4) is 0 Å². The van der Waals surface area contributed by atoms with E-state index in [-0.39, 0.29) is 29.6 Å². The molecule has 2 aromatic carbocycles. The molecule has 2 fully saturated rings. The molecule has 2 amide bonds. The average molecular weight is 400 g/mol. The van der Waals surface area contributed by atoms with Gasteiger partial charge in [-0.05, 0) is 36.5 Å². The van der Waals surface area contributed by atoms with Crippen LogP contribution in [0.5, 0.6) is 0 Å². The van der Waals surface area contributed by atoms with Gasteiger partial charge in [0.1, 0.15) is 0 Å². The van der Waals surface area contributed by atoms with E-state index in [9.17, 15) is 9.59 Å². The number of likely N-dealkylation sites (tertiary alicyclic amines) is 1. The predicted octanol–water partition coefficient (Wildman–Crippen LogP) is 3.07. The maximum absolute atomic E-state index is 12.8. The van der Waals surface area contributed by atoms with Gasteiger partial charge in [0.05, 0.1) is 12.1 Å². The molecule has 1 N–H and O–H groups in total. The topological polar surface area (TPSA) is 67.2 Å². The number of carbonyl (C=O) groups excluding carboxylic acids is 2. The van der Waals surface area contributed by atoms with E-state index in [0.29, 0.717) is 25.3 Å². The van der Waals surface area contributed by atoms with Gasteiger partial charge in [-0.15, -0.1) is 5.10 Å². The molecular weight excluding hydrogens is 376 g/mol. The van der Waals surface area contributed by atoms with Crippen LogP contribution in [-0.4, -0.2) is 39.6 Å². The molecule has 6 heteroatoms. The number of nitrogens with zero attached hydrogens (tertiary/aromatic N) is 3. The van der Waals surface area contributed by atoms with Crippen molar-refractivity contribution in [2.75, 3.05) is 18.4 Å². The zero-order valence-electron chi connectivity index (χ0n) is 16.9. The van der Waals surface area contributed by atoms with Crippen LogP contribution in [0.25, 0.3) is 5.69 Å². The van der Waals surface area contributed by atoms with Crippen molar-refractivity contribution >= 4 is 17.6 Å². The van der Waals surface area contributed by atoms with Crippen molar-refractivity contribution in [1.82, 2.24) is 14.7 Å². The minimum atomic E-state index is -0.0212. The maximum atomic E-state index is 12.8. The zero-order chi connectivity index (χ0) is 20.7. The Hall–Kier alpha value is -3.41. The van der Waals surface area contributed by atoms with Gasteiger partial charge >= 0.3 is 0 Å². The number of hydrogen-bond donors (Lipinski definition) is 1. The third-order valence-corrected chi connectivity index (χ3v) is 6.21. The standard InChI is InChI=1S/C24H24N4O2/c1-16-13-28(18-10-6-3-7-11-18)26-23(16)25-24(30)22-19-14-27(15-20(19)22)21(29)12-17-8-4-2-5-9-17/h2-11,13,19-20,22H,12,14-15H2,1H3,(H,25,26,30). The summed E-state index contributed by atoms with van der Waals surface area (Å²) in [4.78, 5) is 27.2. The third-order valence-electron chi connectivity index (χ3n) is 6.21. The van der Waals surface area contributed by atoms with Gasteiger partial charge < -0.3 is 10.2 Å². The van der Waals surface area contributed by atoms with Crippen molar-refractivity contribution in [1.29, 1.82) is 0 Å². The van der Waals surface area contributed by atoms with Gasteiger partial charge in [0.15, 0.2) is 5.82 Å². The molecule has 30 heavy (non-hydrogen) atoms. The number of aryl methyl sites for hydroxylation is 1. The lowest BCUT2D eigenvalue weighted by molar-refractivity contribution is -0.131. The first-order valence-electron chi connectivity index (χ1n) is 10.3. The first-order valence-corrected chi connectivity index (χ1v) is 10.3. The molecule has 0 spiro atoms. The third kappa shape index (κ3) is 3.49. The largest absolute Gasteiger partial charge is 0.342 e. The van der Waals surface area contributed by atoms with Gasteiger partial charge in [0.25, 0.3) is 0 Å². The number of fused-ring (bicyclic) bond motifs is 1. The van der Waals surface area contributed by atoms with Crippen LogP contribution >= 0.6 is 0 Å². The summed E-state index contributed by atoms with van der Waals surface area (Å²) in [6, 6.07) is 19.6. The average Bonchev–Trinajstić information content (AvgIpc) is 3.07. The monoisotopic (exact) mass is 400 g/mol. The summed E-state index contributed by atoms with van der Waals surface area (Å²) in [7, 11) is 0. The molecule has 6 nitrogen and oxygen atoms in total. The molecule has 2 unspecified atom stereocenters. The first-order chi connectivity index (χ1) is 14.6. The molecule has 2 heterocycles. The summed E-state index contributed by atoms with van der Waals surface area (Å²) in [5, 5.41) is 7.53. The van der Waals surface area contributed by atoms with Gasteiger partial charge in [-0.2, -0.15) is 0 Å². The van der Waals surface area contributed by atoms with E-state index in [2.05, 4.69) is 10.4 Å². The number of nitrogens with one attached hydrogen (secondary N) is 1. The molecule has 3 aromatic rings. The Morgan fingerprint density at radius 3 is 2.30 bits per heavy atom. The molecule has 1 aliphatic carbocycles. The number of benzene rings is 2. The minimum Gasteiger partial charge on any atom is -0.342 e. The number of piperidine rings is 1. The summed E-state index contributed by atoms with van der Waals surface area (Å²) in [5.41, 5.74) is 2.91. The molecular formula is C24H24N4O2. The normalized spacial score (nSPS) is 21.9. The summed E-state index contributed by atoms with van der Waals surface area (Å²) in [6.45, 7) is 3.29. The summed E-state index contributed by atoms with van der Waals surface area (Å²) < 4.78 is 1.78. The summed E-state index contributed by atoms with van der Waals surface area (Å²) >= 11 is 0. The van der Waals surface area contributed by atoms with Gasteiger partial charge in [-0.25, -0.2) is 4.68 Å². The number of para-hydroxylation sites is 1. The van der Waals surface area contributed by atoms with Crippen LogP contribution in [0.2, 0.25) is 0 Å². The van der Waals surface area contributed by atoms with Crippen LogP contribution in [0.1, 0.15) is 11.1 Å². The molecule has 2 aliphatic rings. The second-order valence-electron chi connectivity index (χ2n) is 8.24. The number of rotatable bonds is 5. The van der Waals surface area contributed by atoms with Crippen LogP contribution < -0.4 is 5.32 Å². The van der Waals surface area contributed by atoms with Gasteiger partial charge in [-0.1, -0.05) is 48.5 Å². The molecule has 1 aliphatic heterocycles. The van der Waals surface area contributed by atoms with Crippen molar-refractivity contribution in [3.63, 3.8) is 0 Å². The number of amides is 2. The summed E-state index contributed by atoms with van der Waals surface area (Å²) in [6.07, 6.45) is 2.34. The Labute approximate surface area is 175 Å². The van der Waals surface area contributed by atoms with Crippen LogP contribution in [0, 0.1) is 24.7 Å². The van der Waals surface area contributed by atoms with Crippen molar-refractivity contribution in [2.45, 2.75) is 13.3 Å². The second kappa shape index (κ2) is 7.44. The Bertz CT molecular complexity index is 1070. The number of carbonyl (C=O) groups is 2. The van der Waals surface area contributed by atoms with Crippen molar-refractivity contribution < 1.29 is 9.59 Å². The fraction of sp³-hybridized carbons (Fsp3) is 0.292. The lowest BCUT2D eigenvalue weighted by atomic mass is 10.1. The van der Waals surface area contributed by atoms with Gasteiger partial charge in [0.2, 0.25) is 11.8 Å². The highest BCUT2D eigenvalue weighted by Crippen LogP contribution is 2.52. The second-order valence-corrected chi connectivity index (χ2v) is 8.24. The van der Waals surface area contributed by atoms with E-state index in [1.165, 1.54) is 0 Å². The fourth-order valence-corrected chi connectivity index (χ4v) is 4.50. The SMILES string of the molecule is Cc1cn(-c2ccccc2)nc1NC(=O)C1C2CN(C(=O)Cc3ccccc3)CC21. The van der Waals surface area contributed by atoms with E-state index in [0.717, 1.165) is 16.8 Å². The number of anilines is 1. The Morgan fingerprint density at radius 1 is 1.00 bits per heavy atom. The van der Waals surface area contributed by atoms with Gasteiger partial charge in [0, 0.05) is 30.8 Å². The fourth-order valence-electron chi connectivity index (χ4n) is 4.50. The smallest absolute Gasteiger partial charge is 0.229 e. The zero-order valence-corrected chi connectivity index (χ0v) is 16.9. The van der Waals surface area contributed by atoms with E-state index in [1.807, 2.05) is 78.7 Å². The van der Waals surface area contributed by atoms with Crippen molar-refractivity contribution in [3.05, 3.63) is 78.0 Å². The Morgan fingerprint density at radius 2 is 1.63 bits per heavy atom. The molecule has 0 radical (unpaired) electrons. The Kier molecular flexibility index (Phi) is 4.62. The minimum absolute atomic E-state index is 0.0153. The highest BCUT2D eigenvalue weighted by atomic mass is 16.2. The highest BCUT2D eigenvalue weighted by molar-refractivity contribution is 5.95. The summed E-state index contributed by atoms with van der Waals surface area (Å²) in [5.74, 6) is 1.27. The molecule has 1 saturated heterocycles. The first kappa shape index (κ1) is 18.6. The number of hydrogen-bond acceptors (Lipinski definition) is 3. The van der Waals surface area contributed by atoms with Crippen LogP contribution in [0.15, 0.2) is 66.9 Å². The molecule has 1 saturated carbocycles. The molecule has 0 bridgehead atoms. The lowest BCUT2D eigenvalue weighted by Crippen LogP contribution is -2.34. The quantitative estimate of drug-likeness (QED) is 0.716. The van der Waals surface area contributed by atoms with Crippen LogP contribution in [0.4, 0.5) is 5.82 Å². The molecule has 1 aromatic heterocycles. The maximum Gasteiger partial charge on any atom is 0.229 e. The van der Waals surface area contributed by atoms with Crippen molar-refractivity contribution in [2.24, 2.45) is 17.8 Å². The van der Waals surface area contributed by atoms with Crippen LogP contribution in [-0.2, 0) is 16.0 Å². The van der Waals surface area contributed by atoms with E-state index < -0.39 is 0 Å².